The van der Waals surface area contributed by atoms with Gasteiger partial charge in [-0.2, -0.15) is 4.58 Å². The van der Waals surface area contributed by atoms with E-state index in [2.05, 4.69) is 214 Å². The fourth-order valence-electron chi connectivity index (χ4n) is 12.8. The Bertz CT molecular complexity index is 3900. The Balaban J connectivity index is 1.15. The van der Waals surface area contributed by atoms with Crippen LogP contribution in [0.2, 0.25) is 0 Å². The highest BCUT2D eigenvalue weighted by Gasteiger charge is 2.39. The number of anilines is 1. The average molecular weight is 1240 g/mol. The summed E-state index contributed by atoms with van der Waals surface area (Å²) in [6.07, 6.45) is 13.3. The molecule has 0 saturated carbocycles. The highest BCUT2D eigenvalue weighted by Crippen LogP contribution is 2.49. The van der Waals surface area contributed by atoms with Crippen LogP contribution in [0.3, 0.4) is 0 Å². The molecule has 6 aromatic rings. The van der Waals surface area contributed by atoms with E-state index in [0.29, 0.717) is 36.3 Å². The van der Waals surface area contributed by atoms with Crippen molar-refractivity contribution in [3.05, 3.63) is 160 Å². The minimum absolute atomic E-state index is 0.0471. The summed E-state index contributed by atoms with van der Waals surface area (Å²) < 4.78 is 4.32. The lowest BCUT2D eigenvalue weighted by Gasteiger charge is -2.34. The molecule has 9 rings (SSSR count). The predicted octanol–water partition coefficient (Wildman–Crippen LogP) is 16.6. The monoisotopic (exact) mass is 1240 g/mol. The van der Waals surface area contributed by atoms with E-state index in [9.17, 15) is 19.2 Å². The van der Waals surface area contributed by atoms with Crippen LogP contribution in [-0.4, -0.2) is 52.8 Å². The van der Waals surface area contributed by atoms with E-state index in [1.807, 2.05) is 24.3 Å². The fraction of sp³-hybridized carbons (Fsp3) is 0.450. The van der Waals surface area contributed by atoms with Crippen molar-refractivity contribution in [3.8, 4) is 16.8 Å². The number of benzene rings is 5. The number of rotatable bonds is 22. The van der Waals surface area contributed by atoms with Crippen LogP contribution in [0.25, 0.3) is 44.2 Å². The minimum Gasteiger partial charge on any atom is -0.871 e. The minimum atomic E-state index is -0.551. The standard InChI is InChI=1S/C80H100N6O6/c1-17-21-23-49(19-3)47-81-69(87)37-39-71(89)83-63-45-55(85-65-33-25-51(77(5,6)7)41-59(65)60-42-52(78(8,9)10)26-34-66(60)85)29-31-57(63)73-75(91)74(76(73)92)58-32-30-56(46-64(58)84-72(90)40-38-70(88)82-48-50(20-4)24-22-18-2)86-67-35-27-53(79(11,12)13)43-61(67)62-44-54(80(14,15)16)28-36-68(62)86/h25-36,41-46,49-50H,17-24,37-40,47-48H2,1-16H3,(H4,81,82,83,84,87,88,89,90,91,92). The van der Waals surface area contributed by atoms with Crippen molar-refractivity contribution in [3.63, 3.8) is 0 Å². The number of unbranched alkanes of at least 4 members (excludes halogenated alkanes) is 2. The molecule has 2 heterocycles. The number of fused-ring (bicyclic) bond motifs is 6. The van der Waals surface area contributed by atoms with Gasteiger partial charge in [-0.15, -0.1) is 0 Å². The van der Waals surface area contributed by atoms with E-state index in [1.54, 1.807) is 12.1 Å². The molecular formula is C80H100N6O6. The molecule has 2 unspecified atom stereocenters. The van der Waals surface area contributed by atoms with Crippen LogP contribution in [0.15, 0.2) is 132 Å². The third-order valence-corrected chi connectivity index (χ3v) is 18.9. The van der Waals surface area contributed by atoms with Gasteiger partial charge >= 0.3 is 0 Å². The van der Waals surface area contributed by atoms with Crippen LogP contribution in [0.5, 0.6) is 0 Å². The molecule has 4 N–H and O–H groups in total. The lowest BCUT2D eigenvalue weighted by atomic mass is 9.78. The van der Waals surface area contributed by atoms with E-state index >= 15 is 9.90 Å². The van der Waals surface area contributed by atoms with Gasteiger partial charge in [-0.1, -0.05) is 185 Å². The van der Waals surface area contributed by atoms with Crippen LogP contribution in [-0.2, 0) is 45.6 Å². The molecule has 486 valence electrons. The topological polar surface area (TPSA) is 164 Å². The maximum atomic E-state index is 15.3. The zero-order valence-electron chi connectivity index (χ0n) is 57.8. The molecule has 0 spiro atoms. The maximum absolute atomic E-state index is 15.3. The molecular weight excluding hydrogens is 1140 g/mol. The number of hydrogen-bond acceptors (Lipinski definition) is 6. The number of aromatic nitrogens is 1. The van der Waals surface area contributed by atoms with E-state index in [-0.39, 0.29) is 92.8 Å². The molecule has 0 saturated heterocycles. The Morgan fingerprint density at radius 3 is 1.40 bits per heavy atom. The molecule has 92 heavy (non-hydrogen) atoms. The number of hydrogen-bond donors (Lipinski definition) is 4. The van der Waals surface area contributed by atoms with Gasteiger partial charge in [0.05, 0.1) is 33.5 Å². The number of carbonyl (C=O) groups is 5. The molecule has 4 amide bonds. The second-order valence-corrected chi connectivity index (χ2v) is 30.0. The van der Waals surface area contributed by atoms with Crippen molar-refractivity contribution in [2.24, 2.45) is 11.8 Å². The number of nitrogens with one attached hydrogen (secondary N) is 4. The zero-order chi connectivity index (χ0) is 66.8. The molecule has 12 nitrogen and oxygen atoms in total. The van der Waals surface area contributed by atoms with Gasteiger partial charge in [0.1, 0.15) is 0 Å². The summed E-state index contributed by atoms with van der Waals surface area (Å²) in [5.74, 6) is -1.74. The highest BCUT2D eigenvalue weighted by atomic mass is 16.3. The van der Waals surface area contributed by atoms with Crippen LogP contribution in [0.4, 0.5) is 17.1 Å². The van der Waals surface area contributed by atoms with E-state index in [1.165, 1.54) is 22.3 Å². The Morgan fingerprint density at radius 2 is 0.957 bits per heavy atom. The lowest BCUT2D eigenvalue weighted by Crippen LogP contribution is -2.35. The molecule has 12 heteroatoms. The average Bonchev–Trinajstić information content (AvgIpc) is 1.25. The van der Waals surface area contributed by atoms with Gasteiger partial charge in [-0.25, -0.2) is 0 Å². The second-order valence-electron chi connectivity index (χ2n) is 30.0. The molecule has 1 aliphatic heterocycles. The number of ketones is 1. The van der Waals surface area contributed by atoms with Gasteiger partial charge in [0.25, 0.3) is 0 Å². The third kappa shape index (κ3) is 14.9. The van der Waals surface area contributed by atoms with Crippen molar-refractivity contribution in [2.75, 3.05) is 18.4 Å². The predicted molar refractivity (Wildman–Crippen MR) is 378 cm³/mol. The van der Waals surface area contributed by atoms with Crippen molar-refractivity contribution < 1.29 is 29.1 Å². The van der Waals surface area contributed by atoms with Gasteiger partial charge in [0.2, 0.25) is 40.7 Å². The molecule has 3 aliphatic rings. The largest absolute Gasteiger partial charge is 0.871 e. The van der Waals surface area contributed by atoms with Gasteiger partial charge < -0.3 is 30.9 Å². The number of Topliss-reactive ketones (excluding diaryl/α,β-unsaturated/α-hetero) is 1. The second kappa shape index (κ2) is 27.6. The smallest absolute Gasteiger partial charge is 0.224 e. The first-order chi connectivity index (χ1) is 43.4. The van der Waals surface area contributed by atoms with E-state index < -0.39 is 23.4 Å². The quantitative estimate of drug-likeness (QED) is 0.0390. The number of nitrogens with zero attached hydrogens (tertiary/aromatic N) is 2. The number of amides is 4. The summed E-state index contributed by atoms with van der Waals surface area (Å²) in [6.45, 7) is 36.1. The Morgan fingerprint density at radius 1 is 0.511 bits per heavy atom. The zero-order valence-corrected chi connectivity index (χ0v) is 57.8. The number of carbonyl (C=O) groups excluding carboxylic acids is 5. The molecule has 5 aromatic carbocycles. The molecule has 1 aromatic heterocycles. The van der Waals surface area contributed by atoms with E-state index in [0.717, 1.165) is 95.7 Å². The lowest BCUT2D eigenvalue weighted by molar-refractivity contribution is -0.297. The van der Waals surface area contributed by atoms with Gasteiger partial charge in [-0.3, -0.25) is 24.0 Å². The van der Waals surface area contributed by atoms with E-state index in [4.69, 9.17) is 0 Å². The van der Waals surface area contributed by atoms with Crippen molar-refractivity contribution in [1.82, 2.24) is 25.1 Å². The van der Waals surface area contributed by atoms with Crippen molar-refractivity contribution >= 4 is 79.6 Å². The third-order valence-electron chi connectivity index (χ3n) is 18.9. The van der Waals surface area contributed by atoms with Gasteiger partial charge in [-0.05, 0) is 123 Å². The summed E-state index contributed by atoms with van der Waals surface area (Å²) in [4.78, 5) is 70.5. The number of allylic oxidation sites excluding steroid dienone is 5. The molecule has 0 bridgehead atoms. The molecule has 2 aliphatic carbocycles. The van der Waals surface area contributed by atoms with Crippen LogP contribution >= 0.6 is 0 Å². The first-order valence-corrected chi connectivity index (χ1v) is 33.9. The molecule has 0 radical (unpaired) electrons. The van der Waals surface area contributed by atoms with Crippen molar-refractivity contribution in [2.45, 2.75) is 209 Å². The van der Waals surface area contributed by atoms with Gasteiger partial charge in [0.15, 0.2) is 5.78 Å². The Hall–Kier alpha value is -8.12. The fourth-order valence-corrected chi connectivity index (χ4v) is 12.8. The summed E-state index contributed by atoms with van der Waals surface area (Å²) >= 11 is 0. The SMILES string of the molecule is CCCCC(CC)CNC(=O)CCC(=O)NC1=CC(=[N+]2c3ccc(C(C)(C)C)cc3-c3cc(C(C)(C)C)ccc32)C=CC1=C1C(=O)C(c2ccc(-n3c4ccc(C(C)(C)C)cc4c4cc(C(C)(C)C)ccc43)cc2NC(=O)CCC(=O)NCC(CC)CCCC)=C1[O-]. The van der Waals surface area contributed by atoms with Crippen LogP contribution in [0.1, 0.15) is 216 Å². The summed E-state index contributed by atoms with van der Waals surface area (Å²) in [5.41, 5.74) is 12.3. The summed E-state index contributed by atoms with van der Waals surface area (Å²) in [7, 11) is 0. The summed E-state index contributed by atoms with van der Waals surface area (Å²) in [6, 6.07) is 31.6. The Labute approximate surface area is 547 Å². The molecule has 2 atom stereocenters. The first kappa shape index (κ1) is 68.3. The Kier molecular flexibility index (Phi) is 20.5. The first-order valence-electron chi connectivity index (χ1n) is 33.9. The van der Waals surface area contributed by atoms with Crippen LogP contribution in [0, 0.1) is 11.8 Å². The van der Waals surface area contributed by atoms with Gasteiger partial charge in [0, 0.05) is 102 Å². The van der Waals surface area contributed by atoms with Crippen LogP contribution < -0.4 is 30.9 Å². The normalized spacial score (nSPS) is 15.7. The maximum Gasteiger partial charge on any atom is 0.224 e. The highest BCUT2D eigenvalue weighted by molar-refractivity contribution is 6.40. The van der Waals surface area contributed by atoms with Crippen molar-refractivity contribution in [1.29, 1.82) is 0 Å². The summed E-state index contributed by atoms with van der Waals surface area (Å²) in [5, 5.41) is 29.6. The molecule has 0 fully saturated rings.